The highest BCUT2D eigenvalue weighted by Gasteiger charge is 2.08. The van der Waals surface area contributed by atoms with Crippen molar-refractivity contribution in [3.63, 3.8) is 0 Å². The molecule has 0 aliphatic heterocycles. The zero-order valence-electron chi connectivity index (χ0n) is 8.76. The lowest BCUT2D eigenvalue weighted by Gasteiger charge is -2.00. The van der Waals surface area contributed by atoms with Gasteiger partial charge in [-0.2, -0.15) is 0 Å². The number of hydrogen-bond donors (Lipinski definition) is 1. The van der Waals surface area contributed by atoms with E-state index in [4.69, 9.17) is 11.6 Å². The van der Waals surface area contributed by atoms with Gasteiger partial charge in [-0.3, -0.25) is 10.1 Å². The minimum absolute atomic E-state index is 0.188. The second-order valence-electron chi connectivity index (χ2n) is 3.16. The summed E-state index contributed by atoms with van der Waals surface area (Å²) in [5.41, 5.74) is 0.787. The number of alkyl halides is 1. The molecule has 0 saturated heterocycles. The molecule has 2 rings (SSSR count). The summed E-state index contributed by atoms with van der Waals surface area (Å²) < 4.78 is 0. The lowest BCUT2D eigenvalue weighted by molar-refractivity contribution is -0.115. The molecule has 2 heterocycles. The monoisotopic (exact) mass is 268 g/mol. The van der Waals surface area contributed by atoms with Gasteiger partial charge in [-0.15, -0.1) is 22.9 Å². The topological polar surface area (TPSA) is 67.8 Å². The maximum absolute atomic E-state index is 11.6. The molecule has 0 saturated carbocycles. The van der Waals surface area contributed by atoms with E-state index in [1.807, 2.05) is 5.38 Å². The fourth-order valence-electron chi connectivity index (χ4n) is 1.16. The van der Waals surface area contributed by atoms with Crippen molar-refractivity contribution in [3.8, 4) is 0 Å². The van der Waals surface area contributed by atoms with Crippen LogP contribution in [0.15, 0.2) is 23.8 Å². The van der Waals surface area contributed by atoms with Crippen LogP contribution in [-0.4, -0.2) is 20.9 Å². The first kappa shape index (κ1) is 11.9. The molecule has 0 aliphatic carbocycles. The van der Waals surface area contributed by atoms with Crippen molar-refractivity contribution >= 4 is 34.8 Å². The van der Waals surface area contributed by atoms with Gasteiger partial charge in [0.25, 0.3) is 0 Å². The number of anilines is 1. The van der Waals surface area contributed by atoms with Gasteiger partial charge in [0.1, 0.15) is 5.01 Å². The maximum Gasteiger partial charge on any atom is 0.233 e. The first-order valence-electron chi connectivity index (χ1n) is 4.84. The second-order valence-corrected chi connectivity index (χ2v) is 4.37. The van der Waals surface area contributed by atoms with Crippen LogP contribution in [0, 0.1) is 0 Å². The predicted octanol–water partition coefficient (Wildman–Crippen LogP) is 1.85. The third-order valence-electron chi connectivity index (χ3n) is 1.87. The Bertz CT molecular complexity index is 502. The van der Waals surface area contributed by atoms with Crippen molar-refractivity contribution in [1.29, 1.82) is 0 Å². The van der Waals surface area contributed by atoms with E-state index < -0.39 is 0 Å². The zero-order chi connectivity index (χ0) is 12.1. The standard InChI is InChI=1S/C10H9ClN4OS/c11-5-7-6-17-9(14-7)4-8(16)15-10-12-2-1-3-13-10/h1-3,6H,4-5H2,(H,12,13,15,16). The molecular formula is C10H9ClN4OS. The van der Waals surface area contributed by atoms with Crippen molar-refractivity contribution in [1.82, 2.24) is 15.0 Å². The SMILES string of the molecule is O=C(Cc1nc(CCl)cs1)Nc1ncccn1. The number of nitrogens with one attached hydrogen (secondary N) is 1. The van der Waals surface area contributed by atoms with Gasteiger partial charge >= 0.3 is 0 Å². The number of hydrogen-bond acceptors (Lipinski definition) is 5. The zero-order valence-corrected chi connectivity index (χ0v) is 10.3. The van der Waals surface area contributed by atoms with Crippen molar-refractivity contribution in [2.24, 2.45) is 0 Å². The lowest BCUT2D eigenvalue weighted by atomic mass is 10.4. The molecule has 17 heavy (non-hydrogen) atoms. The minimum atomic E-state index is -0.188. The summed E-state index contributed by atoms with van der Waals surface area (Å²) in [4.78, 5) is 23.6. The summed E-state index contributed by atoms with van der Waals surface area (Å²) in [6, 6.07) is 1.68. The largest absolute Gasteiger partial charge is 0.294 e. The van der Waals surface area contributed by atoms with Crippen molar-refractivity contribution < 1.29 is 4.79 Å². The molecule has 0 atom stereocenters. The van der Waals surface area contributed by atoms with Crippen LogP contribution in [0.2, 0.25) is 0 Å². The summed E-state index contributed by atoms with van der Waals surface area (Å²) >= 11 is 7.05. The quantitative estimate of drug-likeness (QED) is 0.860. The van der Waals surface area contributed by atoms with E-state index in [1.54, 1.807) is 18.5 Å². The Kier molecular flexibility index (Phi) is 4.00. The number of amides is 1. The molecule has 0 aliphatic rings. The van der Waals surface area contributed by atoms with E-state index >= 15 is 0 Å². The summed E-state index contributed by atoms with van der Waals surface area (Å²) in [6.45, 7) is 0. The van der Waals surface area contributed by atoms with Crippen LogP contribution < -0.4 is 5.32 Å². The lowest BCUT2D eigenvalue weighted by Crippen LogP contribution is -2.16. The highest BCUT2D eigenvalue weighted by molar-refractivity contribution is 7.09. The molecule has 0 aromatic carbocycles. The number of carbonyl (C=O) groups excluding carboxylic acids is 1. The smallest absolute Gasteiger partial charge is 0.233 e. The third kappa shape index (κ3) is 3.47. The van der Waals surface area contributed by atoms with Crippen LogP contribution in [0.3, 0.4) is 0 Å². The Morgan fingerprint density at radius 3 is 2.82 bits per heavy atom. The summed E-state index contributed by atoms with van der Waals surface area (Å²) in [5.74, 6) is 0.471. The van der Waals surface area contributed by atoms with Crippen LogP contribution in [0.4, 0.5) is 5.95 Å². The van der Waals surface area contributed by atoms with Gasteiger partial charge in [0, 0.05) is 17.8 Å². The van der Waals surface area contributed by atoms with Crippen LogP contribution in [0.5, 0.6) is 0 Å². The van der Waals surface area contributed by atoms with Gasteiger partial charge in [0.2, 0.25) is 11.9 Å². The van der Waals surface area contributed by atoms with Crippen LogP contribution in [-0.2, 0) is 17.1 Å². The van der Waals surface area contributed by atoms with Gasteiger partial charge in [-0.25, -0.2) is 15.0 Å². The second kappa shape index (κ2) is 5.70. The number of aromatic nitrogens is 3. The molecule has 88 valence electrons. The number of halogens is 1. The van der Waals surface area contributed by atoms with Gasteiger partial charge in [0.05, 0.1) is 18.0 Å². The van der Waals surface area contributed by atoms with E-state index in [9.17, 15) is 4.79 Å². The average molecular weight is 269 g/mol. The Morgan fingerprint density at radius 1 is 1.41 bits per heavy atom. The maximum atomic E-state index is 11.6. The Morgan fingerprint density at radius 2 is 2.18 bits per heavy atom. The summed E-state index contributed by atoms with van der Waals surface area (Å²) in [7, 11) is 0. The first-order valence-corrected chi connectivity index (χ1v) is 6.25. The van der Waals surface area contributed by atoms with Gasteiger partial charge in [0.15, 0.2) is 0 Å². The van der Waals surface area contributed by atoms with E-state index in [0.29, 0.717) is 11.8 Å². The fraction of sp³-hybridized carbons (Fsp3) is 0.200. The molecule has 1 amide bonds. The third-order valence-corrected chi connectivity index (χ3v) is 3.04. The molecule has 0 bridgehead atoms. The highest BCUT2D eigenvalue weighted by Crippen LogP contribution is 2.12. The van der Waals surface area contributed by atoms with E-state index in [1.165, 1.54) is 11.3 Å². The normalized spacial score (nSPS) is 10.2. The molecule has 2 aromatic heterocycles. The van der Waals surface area contributed by atoms with E-state index in [2.05, 4.69) is 20.3 Å². The molecule has 0 radical (unpaired) electrons. The van der Waals surface area contributed by atoms with Crippen molar-refractivity contribution in [2.75, 3.05) is 5.32 Å². The van der Waals surface area contributed by atoms with Gasteiger partial charge in [-0.05, 0) is 6.07 Å². The number of nitrogens with zero attached hydrogens (tertiary/aromatic N) is 3. The Hall–Kier alpha value is -1.53. The van der Waals surface area contributed by atoms with E-state index in [0.717, 1.165) is 10.7 Å². The molecule has 5 nitrogen and oxygen atoms in total. The molecule has 1 N–H and O–H groups in total. The highest BCUT2D eigenvalue weighted by atomic mass is 35.5. The number of carbonyl (C=O) groups is 1. The van der Waals surface area contributed by atoms with Crippen LogP contribution in [0.1, 0.15) is 10.7 Å². The Labute approximate surface area is 107 Å². The molecule has 2 aromatic rings. The van der Waals surface area contributed by atoms with E-state index in [-0.39, 0.29) is 12.3 Å². The summed E-state index contributed by atoms with van der Waals surface area (Å²) in [6.07, 6.45) is 3.34. The molecule has 0 fully saturated rings. The predicted molar refractivity (Wildman–Crippen MR) is 66.0 cm³/mol. The molecule has 0 spiro atoms. The fourth-order valence-corrected chi connectivity index (χ4v) is 2.18. The Balaban J connectivity index is 1.93. The molecule has 7 heteroatoms. The molecular weight excluding hydrogens is 260 g/mol. The summed E-state index contributed by atoms with van der Waals surface area (Å²) in [5, 5.41) is 5.16. The number of rotatable bonds is 4. The van der Waals surface area contributed by atoms with Crippen molar-refractivity contribution in [2.45, 2.75) is 12.3 Å². The minimum Gasteiger partial charge on any atom is -0.294 e. The number of thiazole rings is 1. The van der Waals surface area contributed by atoms with Crippen molar-refractivity contribution in [3.05, 3.63) is 34.5 Å². The van der Waals surface area contributed by atoms with Crippen LogP contribution >= 0.6 is 22.9 Å². The average Bonchev–Trinajstić information content (AvgIpc) is 2.78. The first-order chi connectivity index (χ1) is 8.28. The van der Waals surface area contributed by atoms with Gasteiger partial charge in [-0.1, -0.05) is 0 Å². The van der Waals surface area contributed by atoms with Crippen LogP contribution in [0.25, 0.3) is 0 Å². The van der Waals surface area contributed by atoms with Gasteiger partial charge < -0.3 is 0 Å². The molecule has 0 unspecified atom stereocenters.